The van der Waals surface area contributed by atoms with Crippen LogP contribution in [-0.2, 0) is 10.5 Å². The largest absolute Gasteiger partial charge is 0.722 e. The van der Waals surface area contributed by atoms with Crippen molar-refractivity contribution in [3.63, 3.8) is 0 Å². The Bertz CT molecular complexity index is 575. The van der Waals surface area contributed by atoms with Gasteiger partial charge in [0.15, 0.2) is 0 Å². The predicted octanol–water partition coefficient (Wildman–Crippen LogP) is 2.89. The van der Waals surface area contributed by atoms with Gasteiger partial charge in [0.25, 0.3) is 10.5 Å². The molecule has 18 heavy (non-hydrogen) atoms. The molecule has 0 aliphatic rings. The zero-order valence-corrected chi connectivity index (χ0v) is 13.4. The first-order valence-electron chi connectivity index (χ1n) is 4.56. The molecule has 0 bridgehead atoms. The molecule has 2 aromatic rings. The van der Waals surface area contributed by atoms with Gasteiger partial charge in [-0.3, -0.25) is 0 Å². The van der Waals surface area contributed by atoms with E-state index in [1.165, 1.54) is 10.4 Å². The predicted molar refractivity (Wildman–Crippen MR) is 73.7 cm³/mol. The van der Waals surface area contributed by atoms with Crippen LogP contribution in [0.1, 0.15) is 0 Å². The third-order valence-corrected chi connectivity index (χ3v) is 7.56. The minimum absolute atomic E-state index is 0.593. The Kier molecular flexibility index (Phi) is 6.48. The molecular formula is C10H9FO3S3Se. The molecule has 0 saturated heterocycles. The van der Waals surface area contributed by atoms with Crippen LogP contribution in [0.25, 0.3) is 10.4 Å². The van der Waals surface area contributed by atoms with Gasteiger partial charge in [-0.05, 0) is 0 Å². The molecule has 0 spiro atoms. The zero-order chi connectivity index (χ0) is 13.6. The van der Waals surface area contributed by atoms with Gasteiger partial charge in [-0.1, -0.05) is 0 Å². The second-order valence-corrected chi connectivity index (χ2v) is 8.84. The summed E-state index contributed by atoms with van der Waals surface area (Å²) < 4.78 is 36.9. The molecule has 1 heterocycles. The van der Waals surface area contributed by atoms with Crippen LogP contribution in [0, 0.1) is 0 Å². The van der Waals surface area contributed by atoms with Gasteiger partial charge in [-0.2, -0.15) is 0 Å². The first-order chi connectivity index (χ1) is 8.40. The van der Waals surface area contributed by atoms with Crippen LogP contribution in [0.2, 0.25) is 0 Å². The molecule has 0 atom stereocenters. The normalized spacial score (nSPS) is 10.6. The molecule has 0 aliphatic heterocycles. The van der Waals surface area contributed by atoms with Crippen LogP contribution in [0.3, 0.4) is 0 Å². The van der Waals surface area contributed by atoms with Crippen LogP contribution in [0.5, 0.6) is 0 Å². The van der Waals surface area contributed by atoms with Crippen molar-refractivity contribution in [1.29, 1.82) is 0 Å². The molecule has 0 radical (unpaired) electrons. The van der Waals surface area contributed by atoms with Gasteiger partial charge in [0.1, 0.15) is 0 Å². The van der Waals surface area contributed by atoms with Gasteiger partial charge in [0.2, 0.25) is 0 Å². The van der Waals surface area contributed by atoms with Crippen LogP contribution in [0.4, 0.5) is 3.89 Å². The molecular weight excluding hydrogens is 362 g/mol. The van der Waals surface area contributed by atoms with E-state index in [0.717, 1.165) is 0 Å². The second-order valence-electron chi connectivity index (χ2n) is 2.92. The first-order valence-corrected chi connectivity index (χ1v) is 9.76. The summed E-state index contributed by atoms with van der Waals surface area (Å²) in [6.45, 7) is 0. The van der Waals surface area contributed by atoms with E-state index < -0.39 is 10.5 Å². The molecule has 0 amide bonds. The van der Waals surface area contributed by atoms with E-state index in [4.69, 9.17) is 13.0 Å². The summed E-state index contributed by atoms with van der Waals surface area (Å²) in [6, 6.07) is 10.6. The van der Waals surface area contributed by atoms with Crippen molar-refractivity contribution in [1.82, 2.24) is 0 Å². The van der Waals surface area contributed by atoms with Gasteiger partial charge in [-0.25, -0.2) is 8.42 Å². The van der Waals surface area contributed by atoms with E-state index in [-0.39, 0.29) is 0 Å². The molecule has 0 fully saturated rings. The number of hydrogen-bond acceptors (Lipinski definition) is 4. The summed E-state index contributed by atoms with van der Waals surface area (Å²) in [4.78, 5) is 3.81. The molecule has 1 aromatic heterocycles. The summed E-state index contributed by atoms with van der Waals surface area (Å²) in [5.74, 6) is 0. The minimum Gasteiger partial charge on any atom is -0.722 e. The fraction of sp³-hybridized carbons (Fsp3) is 0.100. The third-order valence-electron chi connectivity index (χ3n) is 1.68. The fourth-order valence-corrected chi connectivity index (χ4v) is 5.53. The summed E-state index contributed by atoms with van der Waals surface area (Å²) in [5, 5.41) is 0. The maximum absolute atomic E-state index is 10.1. The van der Waals surface area contributed by atoms with E-state index in [1.54, 1.807) is 3.08 Å². The summed E-state index contributed by atoms with van der Waals surface area (Å²) in [7, 11) is -5.42. The quantitative estimate of drug-likeness (QED) is 0.268. The number of rotatable bonds is 2. The van der Waals surface area contributed by atoms with Crippen molar-refractivity contribution in [2.24, 2.45) is 0 Å². The van der Waals surface area contributed by atoms with Gasteiger partial charge in [0.05, 0.1) is 0 Å². The molecule has 1 aromatic carbocycles. The average molecular weight is 371 g/mol. The Morgan fingerprint density at radius 2 is 1.89 bits per heavy atom. The molecule has 0 N–H and O–H groups in total. The van der Waals surface area contributed by atoms with E-state index in [1.807, 2.05) is 23.1 Å². The topological polar surface area (TPSA) is 57.2 Å². The first kappa shape index (κ1) is 15.8. The molecule has 98 valence electrons. The molecule has 0 aliphatic carbocycles. The maximum Gasteiger partial charge on any atom is 0.255 e. The second kappa shape index (κ2) is 7.37. The maximum atomic E-state index is 10.1. The SMILES string of the molecule is CSc1[s+]c(-c2ccccc2)c[se]1.O=S(=O)([O-])F. The smallest absolute Gasteiger partial charge is 0.255 e. The van der Waals surface area contributed by atoms with Crippen molar-refractivity contribution in [3.05, 3.63) is 35.3 Å². The van der Waals surface area contributed by atoms with Gasteiger partial charge < -0.3 is 4.55 Å². The molecule has 3 nitrogen and oxygen atoms in total. The number of hydrogen-bond donors (Lipinski definition) is 0. The Morgan fingerprint density at radius 1 is 1.33 bits per heavy atom. The van der Waals surface area contributed by atoms with Crippen LogP contribution < -0.4 is 0 Å². The standard InChI is InChI=1S/C10H9S2Se.FHO3S/c1-11-10-12-9(7-13-10)8-5-3-2-4-6-8;1-5(2,3)4/h2-7H,1H3;(H,2,3,4)/q+1;/p-1. The van der Waals surface area contributed by atoms with E-state index in [9.17, 15) is 3.89 Å². The van der Waals surface area contributed by atoms with E-state index in [2.05, 4.69) is 41.5 Å². The van der Waals surface area contributed by atoms with Crippen LogP contribution in [0.15, 0.2) is 38.4 Å². The van der Waals surface area contributed by atoms with Gasteiger partial charge in [-0.15, -0.1) is 3.89 Å². The summed E-state index contributed by atoms with van der Waals surface area (Å²) >= 11 is 4.41. The van der Waals surface area contributed by atoms with E-state index in [0.29, 0.717) is 14.5 Å². The monoisotopic (exact) mass is 372 g/mol. The Morgan fingerprint density at radius 3 is 2.33 bits per heavy atom. The Labute approximate surface area is 119 Å². The zero-order valence-electron chi connectivity index (χ0n) is 9.20. The van der Waals surface area contributed by atoms with Crippen molar-refractivity contribution < 1.29 is 16.9 Å². The number of thioether (sulfide) groups is 1. The number of benzene rings is 1. The van der Waals surface area contributed by atoms with Gasteiger partial charge in [0, 0.05) is 0 Å². The van der Waals surface area contributed by atoms with Crippen molar-refractivity contribution in [2.75, 3.05) is 6.26 Å². The number of halogens is 1. The average Bonchev–Trinajstić information content (AvgIpc) is 2.76. The van der Waals surface area contributed by atoms with Crippen molar-refractivity contribution >= 4 is 48.1 Å². The molecule has 0 unspecified atom stereocenters. The minimum atomic E-state index is -5.42. The van der Waals surface area contributed by atoms with Crippen LogP contribution in [-0.4, -0.2) is 33.7 Å². The summed E-state index contributed by atoms with van der Waals surface area (Å²) in [6.07, 6.45) is 2.16. The van der Waals surface area contributed by atoms with E-state index >= 15 is 0 Å². The van der Waals surface area contributed by atoms with Crippen molar-refractivity contribution in [2.45, 2.75) is 3.08 Å². The van der Waals surface area contributed by atoms with Gasteiger partial charge >= 0.3 is 92.7 Å². The Balaban J connectivity index is 0.000000280. The molecule has 0 saturated carbocycles. The molecule has 2 rings (SSSR count). The molecule has 8 heteroatoms. The van der Waals surface area contributed by atoms with Crippen LogP contribution >= 0.6 is 23.1 Å². The third kappa shape index (κ3) is 6.63. The summed E-state index contributed by atoms with van der Waals surface area (Å²) in [5.41, 5.74) is 1.36. The fourth-order valence-electron chi connectivity index (χ4n) is 1.06. The Hall–Kier alpha value is -0.241. The van der Waals surface area contributed by atoms with Crippen molar-refractivity contribution in [3.8, 4) is 10.4 Å².